The highest BCUT2D eigenvalue weighted by atomic mass is 16.4. The fourth-order valence-corrected chi connectivity index (χ4v) is 1.39. The van der Waals surface area contributed by atoms with E-state index in [0.29, 0.717) is 18.5 Å². The van der Waals surface area contributed by atoms with Gasteiger partial charge in [0, 0.05) is 18.3 Å². The zero-order valence-corrected chi connectivity index (χ0v) is 9.47. The molecule has 1 aromatic heterocycles. The van der Waals surface area contributed by atoms with Crippen LogP contribution in [0.25, 0.3) is 0 Å². The van der Waals surface area contributed by atoms with Gasteiger partial charge in [0.25, 0.3) is 5.56 Å². The molecule has 94 valence electrons. The minimum Gasteiger partial charge on any atom is -0.480 e. The fourth-order valence-electron chi connectivity index (χ4n) is 1.39. The average molecular weight is 241 g/mol. The summed E-state index contributed by atoms with van der Waals surface area (Å²) in [6, 6.07) is -0.922. The number of carboxylic acids is 1. The van der Waals surface area contributed by atoms with Gasteiger partial charge in [0.2, 0.25) is 0 Å². The molecule has 0 aromatic carbocycles. The predicted octanol–water partition coefficient (Wildman–Crippen LogP) is -0.963. The SMILES string of the molecule is Cc1cn(CCC[C@H](N)C(=O)O)c(=O)[nH]c1=O. The highest BCUT2D eigenvalue weighted by molar-refractivity contribution is 5.72. The van der Waals surface area contributed by atoms with E-state index in [1.54, 1.807) is 6.92 Å². The number of aliphatic carboxylic acids is 1. The van der Waals surface area contributed by atoms with Gasteiger partial charge >= 0.3 is 11.7 Å². The van der Waals surface area contributed by atoms with E-state index in [4.69, 9.17) is 10.8 Å². The number of hydrogen-bond donors (Lipinski definition) is 3. The van der Waals surface area contributed by atoms with Gasteiger partial charge in [0.05, 0.1) is 0 Å². The molecule has 0 saturated heterocycles. The summed E-state index contributed by atoms with van der Waals surface area (Å²) in [5, 5.41) is 8.57. The van der Waals surface area contributed by atoms with E-state index < -0.39 is 23.3 Å². The van der Waals surface area contributed by atoms with Crippen molar-refractivity contribution in [1.29, 1.82) is 0 Å². The van der Waals surface area contributed by atoms with E-state index in [1.807, 2.05) is 0 Å². The minimum absolute atomic E-state index is 0.278. The van der Waals surface area contributed by atoms with Crippen LogP contribution in [0.2, 0.25) is 0 Å². The van der Waals surface area contributed by atoms with Crippen molar-refractivity contribution in [3.8, 4) is 0 Å². The summed E-state index contributed by atoms with van der Waals surface area (Å²) in [6.45, 7) is 1.93. The van der Waals surface area contributed by atoms with Crippen molar-refractivity contribution < 1.29 is 9.90 Å². The van der Waals surface area contributed by atoms with Gasteiger partial charge in [-0.1, -0.05) is 0 Å². The van der Waals surface area contributed by atoms with Crippen LogP contribution in [0.15, 0.2) is 15.8 Å². The Morgan fingerprint density at radius 1 is 1.59 bits per heavy atom. The molecule has 0 spiro atoms. The molecular formula is C10H15N3O4. The predicted molar refractivity (Wildman–Crippen MR) is 60.9 cm³/mol. The van der Waals surface area contributed by atoms with Gasteiger partial charge in [-0.15, -0.1) is 0 Å². The Balaban J connectivity index is 2.65. The Bertz CT molecular complexity index is 517. The first-order valence-electron chi connectivity index (χ1n) is 5.20. The zero-order chi connectivity index (χ0) is 13.0. The van der Waals surface area contributed by atoms with Crippen LogP contribution < -0.4 is 17.0 Å². The minimum atomic E-state index is -1.06. The lowest BCUT2D eigenvalue weighted by Crippen LogP contribution is -2.33. The molecule has 0 bridgehead atoms. The van der Waals surface area contributed by atoms with E-state index in [-0.39, 0.29) is 6.42 Å². The monoisotopic (exact) mass is 241 g/mol. The van der Waals surface area contributed by atoms with Crippen molar-refractivity contribution in [3.05, 3.63) is 32.6 Å². The topological polar surface area (TPSA) is 118 Å². The Morgan fingerprint density at radius 2 is 2.24 bits per heavy atom. The number of rotatable bonds is 5. The first kappa shape index (κ1) is 13.2. The number of hydrogen-bond acceptors (Lipinski definition) is 4. The number of aryl methyl sites for hydroxylation is 2. The molecule has 1 heterocycles. The van der Waals surface area contributed by atoms with Crippen molar-refractivity contribution in [2.45, 2.75) is 32.4 Å². The van der Waals surface area contributed by atoms with Gasteiger partial charge in [-0.3, -0.25) is 14.6 Å². The second-order valence-electron chi connectivity index (χ2n) is 3.85. The summed E-state index contributed by atoms with van der Waals surface area (Å²) in [5.41, 5.74) is 4.86. The standard InChI is InChI=1S/C10H15N3O4/c1-6-5-13(10(17)12-8(6)14)4-2-3-7(11)9(15)16/h5,7H,2-4,11H2,1H3,(H,15,16)(H,12,14,17)/t7-/m0/s1. The second-order valence-corrected chi connectivity index (χ2v) is 3.85. The summed E-state index contributed by atoms with van der Waals surface area (Å²) < 4.78 is 1.34. The normalized spacial score (nSPS) is 12.4. The van der Waals surface area contributed by atoms with Gasteiger partial charge < -0.3 is 15.4 Å². The molecular weight excluding hydrogens is 226 g/mol. The largest absolute Gasteiger partial charge is 0.480 e. The van der Waals surface area contributed by atoms with Crippen LogP contribution in [-0.2, 0) is 11.3 Å². The van der Waals surface area contributed by atoms with Crippen LogP contribution in [0.1, 0.15) is 18.4 Å². The van der Waals surface area contributed by atoms with Crippen molar-refractivity contribution >= 4 is 5.97 Å². The van der Waals surface area contributed by atoms with Gasteiger partial charge in [-0.2, -0.15) is 0 Å². The molecule has 0 saturated carbocycles. The maximum atomic E-state index is 11.4. The van der Waals surface area contributed by atoms with Gasteiger partial charge in [-0.05, 0) is 19.8 Å². The van der Waals surface area contributed by atoms with Crippen LogP contribution in [0.4, 0.5) is 0 Å². The van der Waals surface area contributed by atoms with Gasteiger partial charge in [0.1, 0.15) is 6.04 Å². The Labute approximate surface area is 96.9 Å². The molecule has 0 aliphatic heterocycles. The van der Waals surface area contributed by atoms with Crippen LogP contribution >= 0.6 is 0 Å². The smallest absolute Gasteiger partial charge is 0.328 e. The molecule has 0 aliphatic rings. The Kier molecular flexibility index (Phi) is 4.22. The van der Waals surface area contributed by atoms with Crippen LogP contribution in [0.5, 0.6) is 0 Å². The lowest BCUT2D eigenvalue weighted by Gasteiger charge is -2.08. The van der Waals surface area contributed by atoms with Gasteiger partial charge in [0.15, 0.2) is 0 Å². The summed E-state index contributed by atoms with van der Waals surface area (Å²) in [7, 11) is 0. The first-order chi connectivity index (χ1) is 7.91. The summed E-state index contributed by atoms with van der Waals surface area (Å²) >= 11 is 0. The third-order valence-electron chi connectivity index (χ3n) is 2.42. The molecule has 1 rings (SSSR count). The van der Waals surface area contributed by atoms with Crippen LogP contribution in [-0.4, -0.2) is 26.7 Å². The number of nitrogens with zero attached hydrogens (tertiary/aromatic N) is 1. The van der Waals surface area contributed by atoms with Gasteiger partial charge in [-0.25, -0.2) is 4.79 Å². The number of aromatic nitrogens is 2. The average Bonchev–Trinajstić information content (AvgIpc) is 2.25. The first-order valence-corrected chi connectivity index (χ1v) is 5.20. The molecule has 0 amide bonds. The molecule has 7 heteroatoms. The third-order valence-corrected chi connectivity index (χ3v) is 2.42. The molecule has 0 unspecified atom stereocenters. The molecule has 17 heavy (non-hydrogen) atoms. The lowest BCUT2D eigenvalue weighted by molar-refractivity contribution is -0.138. The summed E-state index contributed by atoms with van der Waals surface area (Å²) in [6.07, 6.45) is 2.19. The van der Waals surface area contributed by atoms with E-state index in [9.17, 15) is 14.4 Å². The summed E-state index contributed by atoms with van der Waals surface area (Å²) in [4.78, 5) is 35.1. The molecule has 1 aromatic rings. The molecule has 0 aliphatic carbocycles. The molecule has 7 nitrogen and oxygen atoms in total. The van der Waals surface area contributed by atoms with Crippen LogP contribution in [0, 0.1) is 6.92 Å². The number of carboxylic acid groups (broad SMARTS) is 1. The highest BCUT2D eigenvalue weighted by Gasteiger charge is 2.10. The quantitative estimate of drug-likeness (QED) is 0.613. The zero-order valence-electron chi connectivity index (χ0n) is 9.47. The molecule has 1 atom stereocenters. The number of nitrogens with one attached hydrogen (secondary N) is 1. The van der Waals surface area contributed by atoms with E-state index in [0.717, 1.165) is 0 Å². The Morgan fingerprint density at radius 3 is 2.82 bits per heavy atom. The second kappa shape index (κ2) is 5.44. The summed E-state index contributed by atoms with van der Waals surface area (Å²) in [5.74, 6) is -1.06. The number of aromatic amines is 1. The van der Waals surface area contributed by atoms with Crippen LogP contribution in [0.3, 0.4) is 0 Å². The Hall–Kier alpha value is -1.89. The maximum absolute atomic E-state index is 11.4. The van der Waals surface area contributed by atoms with E-state index in [1.165, 1.54) is 10.8 Å². The molecule has 4 N–H and O–H groups in total. The van der Waals surface area contributed by atoms with Crippen molar-refractivity contribution in [2.24, 2.45) is 5.73 Å². The lowest BCUT2D eigenvalue weighted by atomic mass is 10.2. The molecule has 0 radical (unpaired) electrons. The fraction of sp³-hybridized carbons (Fsp3) is 0.500. The number of carbonyl (C=O) groups is 1. The van der Waals surface area contributed by atoms with Crippen molar-refractivity contribution in [2.75, 3.05) is 0 Å². The number of nitrogens with two attached hydrogens (primary N) is 1. The molecule has 0 fully saturated rings. The number of H-pyrrole nitrogens is 1. The van der Waals surface area contributed by atoms with Crippen molar-refractivity contribution in [3.63, 3.8) is 0 Å². The van der Waals surface area contributed by atoms with E-state index >= 15 is 0 Å². The maximum Gasteiger partial charge on any atom is 0.328 e. The van der Waals surface area contributed by atoms with E-state index in [2.05, 4.69) is 4.98 Å². The third kappa shape index (κ3) is 3.56. The van der Waals surface area contributed by atoms with Crippen molar-refractivity contribution in [1.82, 2.24) is 9.55 Å². The highest BCUT2D eigenvalue weighted by Crippen LogP contribution is 1.97.